The SMILES string of the molecule is COc1cccc(C(=O)Cn2cnc3c2c(=O)n(CCC(C)C)c(=O)n3-c2ccc(C(C)C)cc2)c1. The number of Topliss-reactive ketones (excluding diaryl/α,β-unsaturated/α-hetero) is 1. The van der Waals surface area contributed by atoms with E-state index >= 15 is 0 Å². The molecule has 4 aromatic rings. The zero-order valence-electron chi connectivity index (χ0n) is 21.4. The van der Waals surface area contributed by atoms with Gasteiger partial charge in [-0.15, -0.1) is 0 Å². The zero-order chi connectivity index (χ0) is 26.0. The van der Waals surface area contributed by atoms with Gasteiger partial charge in [0.25, 0.3) is 5.56 Å². The van der Waals surface area contributed by atoms with E-state index in [1.807, 2.05) is 38.1 Å². The number of ether oxygens (including phenoxy) is 1. The Morgan fingerprint density at radius 1 is 1.03 bits per heavy atom. The monoisotopic (exact) mass is 488 g/mol. The third-order valence-corrected chi connectivity index (χ3v) is 6.35. The highest BCUT2D eigenvalue weighted by Crippen LogP contribution is 2.19. The highest BCUT2D eigenvalue weighted by Gasteiger charge is 2.21. The van der Waals surface area contributed by atoms with E-state index in [9.17, 15) is 14.4 Å². The molecule has 2 heterocycles. The predicted molar refractivity (Wildman–Crippen MR) is 140 cm³/mol. The summed E-state index contributed by atoms with van der Waals surface area (Å²) in [6.07, 6.45) is 2.12. The van der Waals surface area contributed by atoms with Crippen LogP contribution in [0.2, 0.25) is 0 Å². The Morgan fingerprint density at radius 3 is 2.39 bits per heavy atom. The lowest BCUT2D eigenvalue weighted by molar-refractivity contribution is 0.0973. The van der Waals surface area contributed by atoms with Crippen LogP contribution in [0.3, 0.4) is 0 Å². The third kappa shape index (κ3) is 4.89. The molecule has 4 rings (SSSR count). The van der Waals surface area contributed by atoms with Crippen LogP contribution in [-0.4, -0.2) is 31.6 Å². The molecular weight excluding hydrogens is 456 g/mol. The van der Waals surface area contributed by atoms with Crippen molar-refractivity contribution in [3.63, 3.8) is 0 Å². The number of carbonyl (C=O) groups is 1. The van der Waals surface area contributed by atoms with Gasteiger partial charge in [0, 0.05) is 12.1 Å². The van der Waals surface area contributed by atoms with Gasteiger partial charge in [0.15, 0.2) is 16.9 Å². The fourth-order valence-electron chi connectivity index (χ4n) is 4.17. The fraction of sp³-hybridized carbons (Fsp3) is 0.357. The molecule has 8 heteroatoms. The molecule has 0 spiro atoms. The zero-order valence-corrected chi connectivity index (χ0v) is 21.4. The number of methoxy groups -OCH3 is 1. The van der Waals surface area contributed by atoms with Gasteiger partial charge in [-0.25, -0.2) is 14.3 Å². The molecule has 0 unspecified atom stereocenters. The van der Waals surface area contributed by atoms with Crippen molar-refractivity contribution >= 4 is 16.9 Å². The van der Waals surface area contributed by atoms with E-state index < -0.39 is 11.2 Å². The van der Waals surface area contributed by atoms with Crippen molar-refractivity contribution < 1.29 is 9.53 Å². The number of fused-ring (bicyclic) bond motifs is 1. The van der Waals surface area contributed by atoms with Crippen molar-refractivity contribution in [2.45, 2.75) is 53.1 Å². The molecule has 36 heavy (non-hydrogen) atoms. The van der Waals surface area contributed by atoms with Gasteiger partial charge in [0.05, 0.1) is 25.7 Å². The maximum atomic E-state index is 13.6. The molecule has 0 aliphatic rings. The van der Waals surface area contributed by atoms with Crippen molar-refractivity contribution in [3.8, 4) is 11.4 Å². The Hall–Kier alpha value is -3.94. The number of hydrogen-bond donors (Lipinski definition) is 0. The lowest BCUT2D eigenvalue weighted by Crippen LogP contribution is -2.40. The Balaban J connectivity index is 1.87. The van der Waals surface area contributed by atoms with Gasteiger partial charge in [0.1, 0.15) is 5.75 Å². The van der Waals surface area contributed by atoms with E-state index in [4.69, 9.17) is 4.74 Å². The van der Waals surface area contributed by atoms with E-state index in [-0.39, 0.29) is 30.0 Å². The van der Waals surface area contributed by atoms with Crippen LogP contribution in [0.4, 0.5) is 0 Å². The quantitative estimate of drug-likeness (QED) is 0.326. The van der Waals surface area contributed by atoms with E-state index in [0.29, 0.717) is 35.3 Å². The highest BCUT2D eigenvalue weighted by atomic mass is 16.5. The summed E-state index contributed by atoms with van der Waals surface area (Å²) < 4.78 is 9.48. The van der Waals surface area contributed by atoms with Crippen LogP contribution in [0.25, 0.3) is 16.9 Å². The third-order valence-electron chi connectivity index (χ3n) is 6.35. The first-order chi connectivity index (χ1) is 17.2. The van der Waals surface area contributed by atoms with E-state index in [1.165, 1.54) is 20.0 Å². The molecule has 0 saturated heterocycles. The molecular formula is C28H32N4O4. The van der Waals surface area contributed by atoms with Gasteiger partial charge in [0.2, 0.25) is 0 Å². The summed E-state index contributed by atoms with van der Waals surface area (Å²) in [5.74, 6) is 1.04. The number of benzene rings is 2. The number of aromatic nitrogens is 4. The molecule has 0 aliphatic heterocycles. The van der Waals surface area contributed by atoms with E-state index in [1.54, 1.807) is 31.4 Å². The van der Waals surface area contributed by atoms with Crippen LogP contribution in [0.1, 0.15) is 56.0 Å². The van der Waals surface area contributed by atoms with E-state index in [2.05, 4.69) is 18.8 Å². The normalized spacial score (nSPS) is 11.5. The Bertz CT molecular complexity index is 1510. The fourth-order valence-corrected chi connectivity index (χ4v) is 4.17. The number of imidazole rings is 1. The second-order valence-corrected chi connectivity index (χ2v) is 9.70. The maximum Gasteiger partial charge on any atom is 0.337 e. The van der Waals surface area contributed by atoms with Gasteiger partial charge < -0.3 is 9.30 Å². The van der Waals surface area contributed by atoms with Crippen molar-refractivity contribution in [1.29, 1.82) is 0 Å². The summed E-state index contributed by atoms with van der Waals surface area (Å²) in [5.41, 5.74) is 1.82. The number of carbonyl (C=O) groups excluding carboxylic acids is 1. The lowest BCUT2D eigenvalue weighted by Gasteiger charge is -2.14. The molecule has 188 valence electrons. The largest absolute Gasteiger partial charge is 0.497 e. The minimum absolute atomic E-state index is 0.0897. The summed E-state index contributed by atoms with van der Waals surface area (Å²) in [6.45, 7) is 8.49. The van der Waals surface area contributed by atoms with Crippen LogP contribution in [0.5, 0.6) is 5.75 Å². The standard InChI is InChI=1S/C28H32N4O4/c1-18(2)13-14-31-27(34)25-26(32(28(31)35)22-11-9-20(10-12-22)19(3)4)29-17-30(25)16-24(33)21-7-6-8-23(15-21)36-5/h6-12,15,17-19H,13-14,16H2,1-5H3. The number of ketones is 1. The maximum absolute atomic E-state index is 13.6. The van der Waals surface area contributed by atoms with Crippen molar-refractivity contribution in [2.75, 3.05) is 7.11 Å². The Labute approximate surface area is 209 Å². The number of rotatable bonds is 9. The number of hydrogen-bond acceptors (Lipinski definition) is 5. The molecule has 0 N–H and O–H groups in total. The Morgan fingerprint density at radius 2 is 1.75 bits per heavy atom. The molecule has 8 nitrogen and oxygen atoms in total. The molecule has 0 fully saturated rings. The summed E-state index contributed by atoms with van der Waals surface area (Å²) in [6, 6.07) is 14.6. The lowest BCUT2D eigenvalue weighted by atomic mass is 10.0. The first-order valence-corrected chi connectivity index (χ1v) is 12.2. The van der Waals surface area contributed by atoms with Gasteiger partial charge in [-0.05, 0) is 48.1 Å². The summed E-state index contributed by atoms with van der Waals surface area (Å²) >= 11 is 0. The minimum atomic E-state index is -0.443. The molecule has 0 amide bonds. The smallest absolute Gasteiger partial charge is 0.337 e. The molecule has 0 aliphatic carbocycles. The number of nitrogens with zero attached hydrogens (tertiary/aromatic N) is 4. The van der Waals surface area contributed by atoms with Crippen molar-refractivity contribution in [2.24, 2.45) is 5.92 Å². The van der Waals surface area contributed by atoms with Crippen LogP contribution < -0.4 is 16.0 Å². The minimum Gasteiger partial charge on any atom is -0.497 e. The summed E-state index contributed by atoms with van der Waals surface area (Å²) in [5, 5.41) is 0. The van der Waals surface area contributed by atoms with Crippen LogP contribution in [0.15, 0.2) is 64.4 Å². The molecule has 0 bridgehead atoms. The first-order valence-electron chi connectivity index (χ1n) is 12.2. The molecule has 0 radical (unpaired) electrons. The molecule has 0 saturated carbocycles. The summed E-state index contributed by atoms with van der Waals surface area (Å²) in [4.78, 5) is 44.6. The molecule has 2 aromatic carbocycles. The Kier molecular flexibility index (Phi) is 7.24. The average Bonchev–Trinajstić information content (AvgIpc) is 3.27. The molecule has 0 atom stereocenters. The van der Waals surface area contributed by atoms with Crippen molar-refractivity contribution in [1.82, 2.24) is 18.7 Å². The van der Waals surface area contributed by atoms with Gasteiger partial charge >= 0.3 is 5.69 Å². The summed E-state index contributed by atoms with van der Waals surface area (Å²) in [7, 11) is 1.54. The van der Waals surface area contributed by atoms with Crippen LogP contribution in [0, 0.1) is 5.92 Å². The van der Waals surface area contributed by atoms with Gasteiger partial charge in [-0.3, -0.25) is 14.2 Å². The second-order valence-electron chi connectivity index (χ2n) is 9.70. The predicted octanol–water partition coefficient (Wildman–Crippen LogP) is 4.41. The van der Waals surface area contributed by atoms with Crippen LogP contribution in [-0.2, 0) is 13.1 Å². The van der Waals surface area contributed by atoms with Gasteiger partial charge in [-0.2, -0.15) is 0 Å². The molecule has 2 aromatic heterocycles. The van der Waals surface area contributed by atoms with Crippen molar-refractivity contribution in [3.05, 3.63) is 86.8 Å². The van der Waals surface area contributed by atoms with Gasteiger partial charge in [-0.1, -0.05) is 52.0 Å². The van der Waals surface area contributed by atoms with Crippen LogP contribution >= 0.6 is 0 Å². The first kappa shape index (κ1) is 25.2. The van der Waals surface area contributed by atoms with E-state index in [0.717, 1.165) is 5.56 Å². The average molecular weight is 489 g/mol. The highest BCUT2D eigenvalue weighted by molar-refractivity contribution is 5.96. The topological polar surface area (TPSA) is 88.1 Å². The second kappa shape index (κ2) is 10.4.